The van der Waals surface area contributed by atoms with Gasteiger partial charge in [0.25, 0.3) is 0 Å². The fourth-order valence-electron chi connectivity index (χ4n) is 1.94. The Bertz CT molecular complexity index is 398. The minimum atomic E-state index is -0.0701. The summed E-state index contributed by atoms with van der Waals surface area (Å²) in [4.78, 5) is 2.25. The minimum absolute atomic E-state index is 0.0701. The Hall–Kier alpha value is -0.381. The van der Waals surface area contributed by atoms with E-state index >= 15 is 0 Å². The molecule has 3 nitrogen and oxygen atoms in total. The molecule has 0 aromatic heterocycles. The monoisotopic (exact) mass is 359 g/mol. The van der Waals surface area contributed by atoms with Gasteiger partial charge in [-0.1, -0.05) is 0 Å². The van der Waals surface area contributed by atoms with Crippen LogP contribution in [0.1, 0.15) is 38.3 Å². The quantitative estimate of drug-likeness (QED) is 0.365. The Labute approximate surface area is 136 Å². The molecule has 1 aromatic rings. The molecule has 0 spiro atoms. The van der Waals surface area contributed by atoms with Crippen molar-refractivity contribution in [1.29, 1.82) is 0 Å². The van der Waals surface area contributed by atoms with Crippen LogP contribution in [0, 0.1) is 0 Å². The fraction of sp³-hybridized carbons (Fsp3) is 0.647. The van der Waals surface area contributed by atoms with Gasteiger partial charge in [0.05, 0.1) is 0 Å². The Morgan fingerprint density at radius 3 is 2.57 bits per heavy atom. The van der Waals surface area contributed by atoms with E-state index < -0.39 is 0 Å². The third kappa shape index (κ3) is 6.50. The van der Waals surface area contributed by atoms with E-state index in [2.05, 4.69) is 57.1 Å². The zero-order valence-electron chi connectivity index (χ0n) is 14.0. The second kappa shape index (κ2) is 10.4. The number of nitrogens with zero attached hydrogens (tertiary/aromatic N) is 1. The van der Waals surface area contributed by atoms with Crippen molar-refractivity contribution < 1.29 is 9.47 Å². The van der Waals surface area contributed by atoms with E-state index in [1.807, 2.05) is 0 Å². The van der Waals surface area contributed by atoms with Gasteiger partial charge in [-0.2, -0.15) is 0 Å². The van der Waals surface area contributed by atoms with Gasteiger partial charge in [0.1, 0.15) is 0 Å². The summed E-state index contributed by atoms with van der Waals surface area (Å²) in [5.41, 5.74) is 1.42. The molecule has 0 aliphatic carbocycles. The topological polar surface area (TPSA) is 21.7 Å². The second-order valence-corrected chi connectivity index (χ2v) is 7.61. The molecule has 0 amide bonds. The van der Waals surface area contributed by atoms with E-state index in [0.717, 1.165) is 24.8 Å². The molecule has 0 radical (unpaired) electrons. The summed E-state index contributed by atoms with van der Waals surface area (Å²) in [7, 11) is 5.99. The molecule has 0 aliphatic heterocycles. The SMILES string of the molecule is CCCCO[C@@H](C[Se]c1ccccc1[C@@H](C)N(C)C)OC. The van der Waals surface area contributed by atoms with Crippen molar-refractivity contribution in [2.75, 3.05) is 27.8 Å². The van der Waals surface area contributed by atoms with Crippen molar-refractivity contribution in [3.05, 3.63) is 29.8 Å². The molecule has 0 unspecified atom stereocenters. The van der Waals surface area contributed by atoms with E-state index in [1.54, 1.807) is 7.11 Å². The average Bonchev–Trinajstić information content (AvgIpc) is 2.50. The van der Waals surface area contributed by atoms with Gasteiger partial charge in [0.15, 0.2) is 0 Å². The summed E-state index contributed by atoms with van der Waals surface area (Å²) in [6.45, 7) is 5.22. The molecule has 0 heterocycles. The van der Waals surface area contributed by atoms with E-state index in [0.29, 0.717) is 21.0 Å². The molecule has 0 bridgehead atoms. The van der Waals surface area contributed by atoms with Gasteiger partial charge in [-0.15, -0.1) is 0 Å². The first kappa shape index (κ1) is 18.7. The molecule has 2 atom stereocenters. The zero-order chi connectivity index (χ0) is 15.7. The molecule has 4 heteroatoms. The normalized spacial score (nSPS) is 14.4. The third-order valence-electron chi connectivity index (χ3n) is 3.58. The van der Waals surface area contributed by atoms with Gasteiger partial charge in [-0.3, -0.25) is 0 Å². The van der Waals surface area contributed by atoms with E-state index in [-0.39, 0.29) is 6.29 Å². The molecule has 21 heavy (non-hydrogen) atoms. The Kier molecular flexibility index (Phi) is 9.21. The molecule has 120 valence electrons. The fourth-order valence-corrected chi connectivity index (χ4v) is 4.30. The summed E-state index contributed by atoms with van der Waals surface area (Å²) in [5.74, 6) is 0. The van der Waals surface area contributed by atoms with E-state index in [1.165, 1.54) is 10.0 Å². The molecule has 1 rings (SSSR count). The van der Waals surface area contributed by atoms with Crippen molar-refractivity contribution >= 4 is 19.4 Å². The predicted molar refractivity (Wildman–Crippen MR) is 90.4 cm³/mol. The Balaban J connectivity index is 2.61. The summed E-state index contributed by atoms with van der Waals surface area (Å²) in [6.07, 6.45) is 2.19. The van der Waals surface area contributed by atoms with Crippen molar-refractivity contribution in [3.63, 3.8) is 0 Å². The van der Waals surface area contributed by atoms with Crippen LogP contribution in [0.4, 0.5) is 0 Å². The number of methoxy groups -OCH3 is 1. The number of rotatable bonds is 10. The summed E-state index contributed by atoms with van der Waals surface area (Å²) < 4.78 is 12.7. The van der Waals surface area contributed by atoms with Crippen LogP contribution in [0.15, 0.2) is 24.3 Å². The van der Waals surface area contributed by atoms with Crippen LogP contribution in [0.25, 0.3) is 0 Å². The number of hydrogen-bond acceptors (Lipinski definition) is 3. The number of benzene rings is 1. The number of hydrogen-bond donors (Lipinski definition) is 0. The van der Waals surface area contributed by atoms with Gasteiger partial charge >= 0.3 is 136 Å². The van der Waals surface area contributed by atoms with Crippen LogP contribution >= 0.6 is 0 Å². The first-order chi connectivity index (χ1) is 10.1. The van der Waals surface area contributed by atoms with Crippen molar-refractivity contribution in [1.82, 2.24) is 4.90 Å². The predicted octanol–water partition coefficient (Wildman–Crippen LogP) is 2.85. The zero-order valence-corrected chi connectivity index (χ0v) is 15.7. The van der Waals surface area contributed by atoms with Gasteiger partial charge in [-0.05, 0) is 0 Å². The number of ether oxygens (including phenoxy) is 2. The van der Waals surface area contributed by atoms with Crippen LogP contribution in [0.5, 0.6) is 0 Å². The van der Waals surface area contributed by atoms with Crippen LogP contribution in [0.3, 0.4) is 0 Å². The molecule has 0 saturated carbocycles. The average molecular weight is 358 g/mol. The van der Waals surface area contributed by atoms with Gasteiger partial charge in [0, 0.05) is 0 Å². The molecule has 1 aromatic carbocycles. The summed E-state index contributed by atoms with van der Waals surface area (Å²) in [5, 5.41) is 0.963. The van der Waals surface area contributed by atoms with E-state index in [9.17, 15) is 0 Å². The van der Waals surface area contributed by atoms with Crippen LogP contribution < -0.4 is 4.46 Å². The molecule has 0 aliphatic rings. The van der Waals surface area contributed by atoms with E-state index in [4.69, 9.17) is 9.47 Å². The van der Waals surface area contributed by atoms with Gasteiger partial charge in [0.2, 0.25) is 0 Å². The third-order valence-corrected chi connectivity index (χ3v) is 5.94. The van der Waals surface area contributed by atoms with Crippen LogP contribution in [-0.4, -0.2) is 54.0 Å². The standard InChI is InChI=1S/C17H29NO2Se/c1-6-7-12-20-17(19-5)13-21-16-11-9-8-10-15(16)14(2)18(3)4/h8-11,14,17H,6-7,12-13H2,1-5H3/t14-,17+/m1/s1. The first-order valence-electron chi connectivity index (χ1n) is 7.62. The maximum atomic E-state index is 5.78. The first-order valence-corrected chi connectivity index (χ1v) is 9.69. The Morgan fingerprint density at radius 2 is 1.95 bits per heavy atom. The maximum absolute atomic E-state index is 5.78. The second-order valence-electron chi connectivity index (χ2n) is 5.38. The van der Waals surface area contributed by atoms with Crippen LogP contribution in [0.2, 0.25) is 5.32 Å². The molecule has 0 N–H and O–H groups in total. The van der Waals surface area contributed by atoms with Crippen molar-refractivity contribution in [2.45, 2.75) is 44.3 Å². The van der Waals surface area contributed by atoms with Crippen molar-refractivity contribution in [3.8, 4) is 0 Å². The van der Waals surface area contributed by atoms with Crippen LogP contribution in [-0.2, 0) is 9.47 Å². The van der Waals surface area contributed by atoms with Gasteiger partial charge in [-0.25, -0.2) is 0 Å². The van der Waals surface area contributed by atoms with Gasteiger partial charge < -0.3 is 0 Å². The number of unbranched alkanes of at least 4 members (excludes halogenated alkanes) is 1. The molecular formula is C17H29NO2Se. The molecule has 0 fully saturated rings. The molecular weight excluding hydrogens is 329 g/mol. The summed E-state index contributed by atoms with van der Waals surface area (Å²) >= 11 is 0.369. The Morgan fingerprint density at radius 1 is 1.24 bits per heavy atom. The van der Waals surface area contributed by atoms with Crippen molar-refractivity contribution in [2.24, 2.45) is 0 Å². The summed E-state index contributed by atoms with van der Waals surface area (Å²) in [6, 6.07) is 9.17. The molecule has 0 saturated heterocycles.